The Morgan fingerprint density at radius 2 is 1.80 bits per heavy atom. The van der Waals surface area contributed by atoms with E-state index in [-0.39, 0.29) is 5.91 Å². The number of aryl methyl sites for hydroxylation is 2. The lowest BCUT2D eigenvalue weighted by Crippen LogP contribution is -2.36. The van der Waals surface area contributed by atoms with Crippen molar-refractivity contribution >= 4 is 57.1 Å². The second-order valence-corrected chi connectivity index (χ2v) is 12.9. The predicted molar refractivity (Wildman–Crippen MR) is 185 cm³/mol. The number of aromatic amines is 1. The fourth-order valence-electron chi connectivity index (χ4n) is 5.59. The monoisotopic (exact) mass is 645 g/mol. The number of aromatic nitrogens is 5. The first-order chi connectivity index (χ1) is 22.5. The number of morpholine rings is 1. The van der Waals surface area contributed by atoms with Crippen molar-refractivity contribution in [2.24, 2.45) is 0 Å². The zero-order chi connectivity index (χ0) is 31.5. The smallest absolute Gasteiger partial charge is 0.250 e. The number of amides is 1. The maximum absolute atomic E-state index is 12.8. The molecule has 2 N–H and O–H groups in total. The van der Waals surface area contributed by atoms with Gasteiger partial charge in [-0.05, 0) is 78.1 Å². The van der Waals surface area contributed by atoms with Gasteiger partial charge in [-0.15, -0.1) is 11.3 Å². The molecule has 0 atom stereocenters. The fraction of sp³-hybridized carbons (Fsp3) is 0.171. The molecule has 0 spiro atoms. The van der Waals surface area contributed by atoms with Crippen molar-refractivity contribution in [3.05, 3.63) is 101 Å². The zero-order valence-corrected chi connectivity index (χ0v) is 27.0. The van der Waals surface area contributed by atoms with Crippen molar-refractivity contribution in [2.45, 2.75) is 23.8 Å². The first-order valence-corrected chi connectivity index (χ1v) is 16.6. The molecule has 0 unspecified atom stereocenters. The lowest BCUT2D eigenvalue weighted by atomic mass is 10.0. The van der Waals surface area contributed by atoms with Crippen LogP contribution in [0, 0.1) is 13.8 Å². The number of H-pyrrole nitrogens is 1. The first-order valence-electron chi connectivity index (χ1n) is 14.9. The van der Waals surface area contributed by atoms with E-state index < -0.39 is 0 Å². The summed E-state index contributed by atoms with van der Waals surface area (Å²) in [6, 6.07) is 21.0. The molecule has 11 heteroatoms. The molecule has 1 amide bonds. The predicted octanol–water partition coefficient (Wildman–Crippen LogP) is 7.40. The SMILES string of the molecule is Cc1cc(Sc2ncnc3[nH]cnc23)cc(C)c1-c1csc(NC(=O)/C=C/c2cccc(-c3ccc(N4CCOCC4)cc3)c2)n1. The van der Waals surface area contributed by atoms with Crippen LogP contribution in [-0.2, 0) is 9.53 Å². The minimum absolute atomic E-state index is 0.226. The Kier molecular flexibility index (Phi) is 8.60. The zero-order valence-electron chi connectivity index (χ0n) is 25.4. The molecule has 230 valence electrons. The molecule has 3 aromatic heterocycles. The molecule has 6 aromatic rings. The number of anilines is 2. The third-order valence-corrected chi connectivity index (χ3v) is 9.51. The Hall–Kier alpha value is -4.84. The number of nitrogens with one attached hydrogen (secondary N) is 2. The largest absolute Gasteiger partial charge is 0.378 e. The highest BCUT2D eigenvalue weighted by Crippen LogP contribution is 2.36. The van der Waals surface area contributed by atoms with E-state index >= 15 is 0 Å². The summed E-state index contributed by atoms with van der Waals surface area (Å²) >= 11 is 2.97. The maximum atomic E-state index is 12.8. The van der Waals surface area contributed by atoms with E-state index in [1.807, 2.05) is 23.6 Å². The van der Waals surface area contributed by atoms with Gasteiger partial charge in [0, 0.05) is 40.7 Å². The van der Waals surface area contributed by atoms with Crippen LogP contribution < -0.4 is 10.2 Å². The third kappa shape index (κ3) is 6.57. The summed E-state index contributed by atoms with van der Waals surface area (Å²) in [5, 5.41) is 6.26. The van der Waals surface area contributed by atoms with Crippen LogP contribution >= 0.6 is 23.1 Å². The van der Waals surface area contributed by atoms with Gasteiger partial charge in [-0.3, -0.25) is 10.1 Å². The molecule has 1 aliphatic rings. The number of carbonyl (C=O) groups excluding carboxylic acids is 1. The topological polar surface area (TPSA) is 109 Å². The van der Waals surface area contributed by atoms with Crippen LogP contribution in [0.3, 0.4) is 0 Å². The van der Waals surface area contributed by atoms with E-state index in [9.17, 15) is 4.79 Å². The van der Waals surface area contributed by atoms with Crippen LogP contribution in [0.1, 0.15) is 16.7 Å². The molecular formula is C35H31N7O2S2. The molecule has 9 nitrogen and oxygen atoms in total. The lowest BCUT2D eigenvalue weighted by Gasteiger charge is -2.28. The summed E-state index contributed by atoms with van der Waals surface area (Å²) < 4.78 is 5.47. The molecule has 1 fully saturated rings. The van der Waals surface area contributed by atoms with E-state index in [4.69, 9.17) is 9.72 Å². The summed E-state index contributed by atoms with van der Waals surface area (Å²) in [7, 11) is 0. The van der Waals surface area contributed by atoms with Crippen molar-refractivity contribution in [1.82, 2.24) is 24.9 Å². The summed E-state index contributed by atoms with van der Waals surface area (Å²) in [5.41, 5.74) is 9.93. The molecule has 0 saturated carbocycles. The highest BCUT2D eigenvalue weighted by Gasteiger charge is 2.15. The minimum Gasteiger partial charge on any atom is -0.378 e. The third-order valence-electron chi connectivity index (χ3n) is 7.79. The summed E-state index contributed by atoms with van der Waals surface area (Å²) in [6.07, 6.45) is 6.55. The average molecular weight is 646 g/mol. The van der Waals surface area contributed by atoms with Gasteiger partial charge >= 0.3 is 0 Å². The highest BCUT2D eigenvalue weighted by molar-refractivity contribution is 7.99. The van der Waals surface area contributed by atoms with Gasteiger partial charge in [0.2, 0.25) is 5.91 Å². The Labute approximate surface area is 274 Å². The molecule has 3 aromatic carbocycles. The second kappa shape index (κ2) is 13.3. The summed E-state index contributed by atoms with van der Waals surface area (Å²) in [5.74, 6) is -0.226. The second-order valence-electron chi connectivity index (χ2n) is 10.9. The van der Waals surface area contributed by atoms with Crippen LogP contribution in [0.5, 0.6) is 0 Å². The molecule has 1 aliphatic heterocycles. The number of carbonyl (C=O) groups is 1. The number of ether oxygens (including phenoxy) is 1. The number of rotatable bonds is 8. The van der Waals surface area contributed by atoms with Crippen LogP contribution in [0.15, 0.2) is 94.7 Å². The molecule has 0 bridgehead atoms. The normalized spacial score (nSPS) is 13.5. The van der Waals surface area contributed by atoms with Gasteiger partial charge in [0.25, 0.3) is 0 Å². The Bertz CT molecular complexity index is 2020. The number of imidazole rings is 1. The Morgan fingerprint density at radius 3 is 2.61 bits per heavy atom. The number of fused-ring (bicyclic) bond motifs is 1. The van der Waals surface area contributed by atoms with E-state index in [0.29, 0.717) is 10.8 Å². The first kappa shape index (κ1) is 29.8. The van der Waals surface area contributed by atoms with Gasteiger partial charge < -0.3 is 14.6 Å². The van der Waals surface area contributed by atoms with E-state index in [1.54, 1.807) is 30.5 Å². The fourth-order valence-corrected chi connectivity index (χ4v) is 7.33. The van der Waals surface area contributed by atoms with Gasteiger partial charge in [0.1, 0.15) is 16.9 Å². The lowest BCUT2D eigenvalue weighted by molar-refractivity contribution is -0.111. The number of nitrogens with zero attached hydrogens (tertiary/aromatic N) is 5. The van der Waals surface area contributed by atoms with Crippen molar-refractivity contribution in [3.63, 3.8) is 0 Å². The van der Waals surface area contributed by atoms with Crippen LogP contribution in [0.25, 0.3) is 39.6 Å². The quantitative estimate of drug-likeness (QED) is 0.130. The standard InChI is InChI=1S/C35H31N7O2S2/c1-22-16-28(46-34-32-33(37-20-36-32)38-21-39-34)17-23(2)31(22)29-19-45-35(40-29)41-30(43)11-6-24-4-3-5-26(18-24)25-7-9-27(10-8-25)42-12-14-44-15-13-42/h3-11,16-21H,12-15H2,1-2H3,(H,40,41,43)(H,36,37,38,39)/b11-6+. The molecule has 0 aliphatic carbocycles. The number of hydrogen-bond donors (Lipinski definition) is 2. The van der Waals surface area contributed by atoms with Gasteiger partial charge in [0.15, 0.2) is 10.8 Å². The summed E-state index contributed by atoms with van der Waals surface area (Å²) in [6.45, 7) is 7.51. The van der Waals surface area contributed by atoms with E-state index in [0.717, 1.165) is 80.8 Å². The van der Waals surface area contributed by atoms with Gasteiger partial charge in [0.05, 0.1) is 25.2 Å². The van der Waals surface area contributed by atoms with Crippen LogP contribution in [0.4, 0.5) is 10.8 Å². The molecule has 1 saturated heterocycles. The number of benzene rings is 3. The van der Waals surface area contributed by atoms with Gasteiger partial charge in [-0.1, -0.05) is 42.1 Å². The van der Waals surface area contributed by atoms with Crippen molar-refractivity contribution < 1.29 is 9.53 Å². The number of thiazole rings is 1. The molecule has 46 heavy (non-hydrogen) atoms. The van der Waals surface area contributed by atoms with Crippen LogP contribution in [0.2, 0.25) is 0 Å². The molecular weight excluding hydrogens is 615 g/mol. The molecule has 4 heterocycles. The Morgan fingerprint density at radius 1 is 1.00 bits per heavy atom. The molecule has 7 rings (SSSR count). The Balaban J connectivity index is 1.00. The summed E-state index contributed by atoms with van der Waals surface area (Å²) in [4.78, 5) is 37.0. The average Bonchev–Trinajstić information content (AvgIpc) is 3.75. The molecule has 0 radical (unpaired) electrons. The van der Waals surface area contributed by atoms with Crippen LogP contribution in [-0.4, -0.2) is 57.1 Å². The highest BCUT2D eigenvalue weighted by atomic mass is 32.2. The van der Waals surface area contributed by atoms with Gasteiger partial charge in [-0.25, -0.2) is 19.9 Å². The van der Waals surface area contributed by atoms with Crippen molar-refractivity contribution in [1.29, 1.82) is 0 Å². The minimum atomic E-state index is -0.226. The maximum Gasteiger partial charge on any atom is 0.250 e. The van der Waals surface area contributed by atoms with Gasteiger partial charge in [-0.2, -0.15) is 0 Å². The van der Waals surface area contributed by atoms with E-state index in [1.165, 1.54) is 17.0 Å². The van der Waals surface area contributed by atoms with Crippen molar-refractivity contribution in [2.75, 3.05) is 36.5 Å². The number of hydrogen-bond acceptors (Lipinski definition) is 9. The van der Waals surface area contributed by atoms with E-state index in [2.05, 4.69) is 92.5 Å². The van der Waals surface area contributed by atoms with Crippen molar-refractivity contribution in [3.8, 4) is 22.4 Å².